The summed E-state index contributed by atoms with van der Waals surface area (Å²) in [5.41, 5.74) is 2.06. The number of aromatic nitrogens is 1. The molecule has 1 aliphatic carbocycles. The zero-order valence-corrected chi connectivity index (χ0v) is 14.5. The molecular weight excluding hydrogens is 318 g/mol. The molecule has 5 heteroatoms. The van der Waals surface area contributed by atoms with Crippen LogP contribution in [-0.4, -0.2) is 23.0 Å². The Morgan fingerprint density at radius 1 is 1.25 bits per heavy atom. The van der Waals surface area contributed by atoms with Crippen LogP contribution in [0.3, 0.4) is 0 Å². The van der Waals surface area contributed by atoms with Crippen LogP contribution < -0.4 is 10.6 Å². The first-order chi connectivity index (χ1) is 11.8. The van der Waals surface area contributed by atoms with Gasteiger partial charge in [-0.1, -0.05) is 43.2 Å². The number of hydrogen-bond acceptors (Lipinski definition) is 4. The molecule has 0 bridgehead atoms. The van der Waals surface area contributed by atoms with Crippen LogP contribution in [0, 0.1) is 5.92 Å². The molecule has 4 rings (SSSR count). The van der Waals surface area contributed by atoms with Gasteiger partial charge in [0.1, 0.15) is 5.01 Å². The molecular formula is C19H23N3OS. The van der Waals surface area contributed by atoms with Gasteiger partial charge in [0.25, 0.3) is 0 Å². The second kappa shape index (κ2) is 7.03. The Labute approximate surface area is 146 Å². The highest BCUT2D eigenvalue weighted by atomic mass is 32.1. The summed E-state index contributed by atoms with van der Waals surface area (Å²) in [7, 11) is 0. The molecule has 0 spiro atoms. The lowest BCUT2D eigenvalue weighted by atomic mass is 9.85. The minimum Gasteiger partial charge on any atom is -0.349 e. The fourth-order valence-electron chi connectivity index (χ4n) is 3.92. The van der Waals surface area contributed by atoms with E-state index in [1.807, 2.05) is 23.6 Å². The lowest BCUT2D eigenvalue weighted by Gasteiger charge is -2.24. The van der Waals surface area contributed by atoms with E-state index < -0.39 is 0 Å². The number of nitrogens with one attached hydrogen (secondary N) is 2. The minimum absolute atomic E-state index is 0.0228. The van der Waals surface area contributed by atoms with Gasteiger partial charge < -0.3 is 10.6 Å². The van der Waals surface area contributed by atoms with E-state index in [0.29, 0.717) is 18.5 Å². The van der Waals surface area contributed by atoms with Gasteiger partial charge in [0.15, 0.2) is 0 Å². The summed E-state index contributed by atoms with van der Waals surface area (Å²) in [5.74, 6) is 0.817. The topological polar surface area (TPSA) is 54.0 Å². The van der Waals surface area contributed by atoms with Gasteiger partial charge >= 0.3 is 0 Å². The normalized spacial score (nSPS) is 26.1. The minimum atomic E-state index is -0.0228. The molecule has 4 nitrogen and oxygen atoms in total. The predicted molar refractivity (Wildman–Crippen MR) is 96.7 cm³/mol. The standard InChI is InChI=1S/C19H23N3OS/c23-18(17-10-14-8-4-5-9-16(14)22-17)20-11-15-12-24-19(21-15)13-6-2-1-3-7-13/h1-3,6-7,12,14,16-17,22H,4-5,8-11H2,(H,20,23). The number of amides is 1. The van der Waals surface area contributed by atoms with Crippen LogP contribution in [-0.2, 0) is 11.3 Å². The van der Waals surface area contributed by atoms with Crippen LogP contribution >= 0.6 is 11.3 Å². The third-order valence-electron chi connectivity index (χ3n) is 5.20. The van der Waals surface area contributed by atoms with Gasteiger partial charge in [-0.2, -0.15) is 0 Å². The molecule has 2 fully saturated rings. The molecule has 1 amide bonds. The Morgan fingerprint density at radius 2 is 2.08 bits per heavy atom. The van der Waals surface area contributed by atoms with E-state index in [1.54, 1.807) is 11.3 Å². The van der Waals surface area contributed by atoms with Crippen molar-refractivity contribution in [3.63, 3.8) is 0 Å². The molecule has 1 saturated heterocycles. The molecule has 126 valence electrons. The van der Waals surface area contributed by atoms with Crippen molar-refractivity contribution in [2.45, 2.75) is 50.7 Å². The monoisotopic (exact) mass is 341 g/mol. The van der Waals surface area contributed by atoms with E-state index in [9.17, 15) is 4.79 Å². The van der Waals surface area contributed by atoms with Crippen LogP contribution in [0.1, 0.15) is 37.8 Å². The van der Waals surface area contributed by atoms with Crippen molar-refractivity contribution >= 4 is 17.2 Å². The Bertz CT molecular complexity index is 686. The van der Waals surface area contributed by atoms with Crippen LogP contribution in [0.25, 0.3) is 10.6 Å². The molecule has 1 aromatic carbocycles. The summed E-state index contributed by atoms with van der Waals surface area (Å²) < 4.78 is 0. The number of carbonyl (C=O) groups is 1. The summed E-state index contributed by atoms with van der Waals surface area (Å²) in [4.78, 5) is 17.1. The summed E-state index contributed by atoms with van der Waals surface area (Å²) in [5, 5.41) is 9.62. The van der Waals surface area contributed by atoms with Crippen LogP contribution in [0.4, 0.5) is 0 Å². The number of benzene rings is 1. The maximum Gasteiger partial charge on any atom is 0.237 e. The average Bonchev–Trinajstić information content (AvgIpc) is 3.27. The third-order valence-corrected chi connectivity index (χ3v) is 6.14. The fraction of sp³-hybridized carbons (Fsp3) is 0.474. The predicted octanol–water partition coefficient (Wildman–Crippen LogP) is 3.35. The van der Waals surface area contributed by atoms with Gasteiger partial charge in [0.05, 0.1) is 18.3 Å². The van der Waals surface area contributed by atoms with E-state index in [4.69, 9.17) is 0 Å². The van der Waals surface area contributed by atoms with E-state index >= 15 is 0 Å². The highest BCUT2D eigenvalue weighted by molar-refractivity contribution is 7.13. The van der Waals surface area contributed by atoms with Crippen LogP contribution in [0.15, 0.2) is 35.7 Å². The van der Waals surface area contributed by atoms with Crippen molar-refractivity contribution in [1.82, 2.24) is 15.6 Å². The molecule has 0 radical (unpaired) electrons. The van der Waals surface area contributed by atoms with Crippen molar-refractivity contribution < 1.29 is 4.79 Å². The number of carbonyl (C=O) groups excluding carboxylic acids is 1. The van der Waals surface area contributed by atoms with Crippen molar-refractivity contribution in [3.05, 3.63) is 41.4 Å². The number of hydrogen-bond donors (Lipinski definition) is 2. The molecule has 2 heterocycles. The van der Waals surface area contributed by atoms with Gasteiger partial charge in [0, 0.05) is 17.0 Å². The second-order valence-electron chi connectivity index (χ2n) is 6.83. The van der Waals surface area contributed by atoms with Crippen molar-refractivity contribution in [2.24, 2.45) is 5.92 Å². The molecule has 3 atom stereocenters. The molecule has 1 saturated carbocycles. The SMILES string of the molecule is O=C(NCc1csc(-c2ccccc2)n1)C1CC2CCCCC2N1. The largest absolute Gasteiger partial charge is 0.349 e. The first-order valence-corrected chi connectivity index (χ1v) is 9.71. The van der Waals surface area contributed by atoms with Crippen molar-refractivity contribution in [2.75, 3.05) is 0 Å². The Kier molecular flexibility index (Phi) is 4.63. The van der Waals surface area contributed by atoms with Crippen molar-refractivity contribution in [3.8, 4) is 10.6 Å². The quantitative estimate of drug-likeness (QED) is 0.897. The van der Waals surface area contributed by atoms with Gasteiger partial charge in [0.2, 0.25) is 5.91 Å². The van der Waals surface area contributed by atoms with Gasteiger partial charge in [-0.25, -0.2) is 4.98 Å². The lowest BCUT2D eigenvalue weighted by Crippen LogP contribution is -2.42. The Hall–Kier alpha value is -1.72. The molecule has 2 aromatic rings. The van der Waals surface area contributed by atoms with E-state index in [2.05, 4.69) is 27.8 Å². The Balaban J connectivity index is 1.32. The molecule has 2 aliphatic rings. The Morgan fingerprint density at radius 3 is 2.92 bits per heavy atom. The average molecular weight is 341 g/mol. The molecule has 24 heavy (non-hydrogen) atoms. The number of rotatable bonds is 4. The molecule has 2 N–H and O–H groups in total. The zero-order valence-electron chi connectivity index (χ0n) is 13.7. The first kappa shape index (κ1) is 15.8. The van der Waals surface area contributed by atoms with Gasteiger partial charge in [-0.05, 0) is 25.2 Å². The van der Waals surface area contributed by atoms with E-state index in [1.165, 1.54) is 25.7 Å². The number of nitrogens with zero attached hydrogens (tertiary/aromatic N) is 1. The van der Waals surface area contributed by atoms with E-state index in [0.717, 1.165) is 22.7 Å². The smallest absolute Gasteiger partial charge is 0.237 e. The number of thiazole rings is 1. The first-order valence-electron chi connectivity index (χ1n) is 8.83. The summed E-state index contributed by atoms with van der Waals surface area (Å²) in [6.45, 7) is 0.510. The molecule has 1 aliphatic heterocycles. The van der Waals surface area contributed by atoms with Crippen molar-refractivity contribution in [1.29, 1.82) is 0 Å². The maximum absolute atomic E-state index is 12.4. The maximum atomic E-state index is 12.4. The highest BCUT2D eigenvalue weighted by Crippen LogP contribution is 2.33. The van der Waals surface area contributed by atoms with Gasteiger partial charge in [-0.15, -0.1) is 11.3 Å². The van der Waals surface area contributed by atoms with E-state index in [-0.39, 0.29) is 11.9 Å². The van der Waals surface area contributed by atoms with Crippen LogP contribution in [0.2, 0.25) is 0 Å². The lowest BCUT2D eigenvalue weighted by molar-refractivity contribution is -0.123. The number of fused-ring (bicyclic) bond motifs is 1. The third kappa shape index (κ3) is 3.37. The molecule has 1 aromatic heterocycles. The molecule has 3 unspecified atom stereocenters. The zero-order chi connectivity index (χ0) is 16.4. The highest BCUT2D eigenvalue weighted by Gasteiger charge is 2.38. The van der Waals surface area contributed by atoms with Crippen LogP contribution in [0.5, 0.6) is 0 Å². The second-order valence-corrected chi connectivity index (χ2v) is 7.69. The van der Waals surface area contributed by atoms with Gasteiger partial charge in [-0.3, -0.25) is 4.79 Å². The summed E-state index contributed by atoms with van der Waals surface area (Å²) in [6, 6.07) is 10.7. The summed E-state index contributed by atoms with van der Waals surface area (Å²) >= 11 is 1.62. The summed E-state index contributed by atoms with van der Waals surface area (Å²) in [6.07, 6.45) is 6.10. The fourth-order valence-corrected chi connectivity index (χ4v) is 4.75.